The van der Waals surface area contributed by atoms with Crippen molar-refractivity contribution in [2.24, 2.45) is 0 Å². The number of thiocarbonyl (C=S) groups is 1. The summed E-state index contributed by atoms with van der Waals surface area (Å²) < 4.78 is 13.0. The average Bonchev–Trinajstić information content (AvgIpc) is 3.30. The van der Waals surface area contributed by atoms with E-state index in [1.54, 1.807) is 13.2 Å². The Bertz CT molecular complexity index is 1480. The highest BCUT2D eigenvalue weighted by Crippen LogP contribution is 2.33. The van der Waals surface area contributed by atoms with Crippen LogP contribution >= 0.6 is 44.1 Å². The van der Waals surface area contributed by atoms with Gasteiger partial charge in [0.1, 0.15) is 11.3 Å². The first-order valence-electron chi connectivity index (χ1n) is 11.6. The van der Waals surface area contributed by atoms with Crippen LogP contribution in [0.2, 0.25) is 0 Å². The van der Waals surface area contributed by atoms with Gasteiger partial charge in [0.15, 0.2) is 10.7 Å². The third kappa shape index (κ3) is 6.66. The largest absolute Gasteiger partial charge is 0.495 e. The van der Waals surface area contributed by atoms with Crippen molar-refractivity contribution in [3.63, 3.8) is 0 Å². The molecule has 1 heterocycles. The molecule has 2 N–H and O–H groups in total. The summed E-state index contributed by atoms with van der Waals surface area (Å²) in [6, 6.07) is 17.4. The molecule has 0 bridgehead atoms. The maximum atomic E-state index is 12.4. The monoisotopic (exact) mass is 641 g/mol. The Hall–Kier alpha value is -3.01. The molecule has 0 unspecified atom stereocenters. The zero-order valence-electron chi connectivity index (χ0n) is 20.5. The zero-order chi connectivity index (χ0) is 26.5. The van der Waals surface area contributed by atoms with E-state index in [1.165, 1.54) is 11.6 Å². The van der Waals surface area contributed by atoms with Crippen LogP contribution in [-0.2, 0) is 4.79 Å². The fourth-order valence-electron chi connectivity index (χ4n) is 3.71. The number of carbonyl (C=O) groups is 1. The number of amides is 1. The van der Waals surface area contributed by atoms with Gasteiger partial charge in [0.25, 0.3) is 0 Å². The van der Waals surface area contributed by atoms with E-state index >= 15 is 0 Å². The van der Waals surface area contributed by atoms with Crippen molar-refractivity contribution >= 4 is 78.0 Å². The third-order valence-corrected chi connectivity index (χ3v) is 7.13. The molecule has 4 rings (SSSR count). The molecule has 6 nitrogen and oxygen atoms in total. The maximum absolute atomic E-state index is 12.4. The van der Waals surface area contributed by atoms with E-state index in [-0.39, 0.29) is 11.0 Å². The number of rotatable bonds is 7. The average molecular weight is 643 g/mol. The van der Waals surface area contributed by atoms with E-state index in [1.807, 2.05) is 42.5 Å². The molecule has 0 radical (unpaired) electrons. The van der Waals surface area contributed by atoms with Crippen molar-refractivity contribution < 1.29 is 13.9 Å². The molecule has 4 aromatic rings. The number of nitrogens with one attached hydrogen (secondary N) is 2. The van der Waals surface area contributed by atoms with Crippen molar-refractivity contribution in [2.45, 2.75) is 26.2 Å². The summed E-state index contributed by atoms with van der Waals surface area (Å²) in [6.07, 6.45) is 4.13. The summed E-state index contributed by atoms with van der Waals surface area (Å²) in [5.41, 5.74) is 5.17. The standard InChI is InChI=1S/C28H25Br2N3O3S/c1-4-16(2)18-7-11-24-23(14-18)32-27(36-24)17-5-9-21(10-6-17)31-28(37)33-25(34)12-8-19-13-20(29)15-22(30)26(19)35-3/h5-16H,4H2,1-3H3,(H2,31,33,34,37)/b12-8+/t16-/m1/s1. The first kappa shape index (κ1) is 27.0. The van der Waals surface area contributed by atoms with Gasteiger partial charge >= 0.3 is 0 Å². The number of oxazole rings is 1. The lowest BCUT2D eigenvalue weighted by Crippen LogP contribution is -2.32. The molecule has 3 aromatic carbocycles. The molecule has 0 spiro atoms. The molecule has 0 saturated heterocycles. The lowest BCUT2D eigenvalue weighted by molar-refractivity contribution is -0.115. The molecular weight excluding hydrogens is 618 g/mol. The van der Waals surface area contributed by atoms with E-state index in [9.17, 15) is 4.79 Å². The van der Waals surface area contributed by atoms with Crippen molar-refractivity contribution in [1.82, 2.24) is 10.3 Å². The van der Waals surface area contributed by atoms with E-state index in [0.29, 0.717) is 17.6 Å². The maximum Gasteiger partial charge on any atom is 0.250 e. The van der Waals surface area contributed by atoms with Crippen molar-refractivity contribution in [3.05, 3.63) is 80.7 Å². The molecular formula is C28H25Br2N3O3S. The lowest BCUT2D eigenvalue weighted by atomic mass is 9.98. The number of nitrogens with zero attached hydrogens (tertiary/aromatic N) is 1. The number of methoxy groups -OCH3 is 1. The van der Waals surface area contributed by atoms with E-state index in [4.69, 9.17) is 21.4 Å². The van der Waals surface area contributed by atoms with Gasteiger partial charge in [0.2, 0.25) is 11.8 Å². The van der Waals surface area contributed by atoms with Gasteiger partial charge in [-0.25, -0.2) is 4.98 Å². The Morgan fingerprint density at radius 1 is 1.16 bits per heavy atom. The molecule has 0 aliphatic heterocycles. The highest BCUT2D eigenvalue weighted by molar-refractivity contribution is 9.11. The van der Waals surface area contributed by atoms with Gasteiger partial charge in [-0.1, -0.05) is 35.8 Å². The first-order valence-corrected chi connectivity index (χ1v) is 13.6. The summed E-state index contributed by atoms with van der Waals surface area (Å²) in [5, 5.41) is 5.85. The molecule has 1 amide bonds. The summed E-state index contributed by atoms with van der Waals surface area (Å²) in [4.78, 5) is 17.1. The highest BCUT2D eigenvalue weighted by atomic mass is 79.9. The van der Waals surface area contributed by atoms with Gasteiger partial charge in [-0.3, -0.25) is 10.1 Å². The lowest BCUT2D eigenvalue weighted by Gasteiger charge is -2.09. The summed E-state index contributed by atoms with van der Waals surface area (Å²) >= 11 is 12.2. The van der Waals surface area contributed by atoms with Gasteiger partial charge in [-0.05, 0) is 101 Å². The minimum absolute atomic E-state index is 0.184. The van der Waals surface area contributed by atoms with Gasteiger partial charge in [-0.2, -0.15) is 0 Å². The minimum Gasteiger partial charge on any atom is -0.495 e. The van der Waals surface area contributed by atoms with Gasteiger partial charge < -0.3 is 14.5 Å². The van der Waals surface area contributed by atoms with E-state index < -0.39 is 0 Å². The molecule has 9 heteroatoms. The molecule has 0 aliphatic rings. The van der Waals surface area contributed by atoms with Crippen LogP contribution in [0, 0.1) is 0 Å². The van der Waals surface area contributed by atoms with Gasteiger partial charge in [-0.15, -0.1) is 0 Å². The Morgan fingerprint density at radius 3 is 2.62 bits per heavy atom. The Labute approximate surface area is 237 Å². The van der Waals surface area contributed by atoms with Gasteiger partial charge in [0.05, 0.1) is 11.6 Å². The number of aromatic nitrogens is 1. The van der Waals surface area contributed by atoms with Crippen LogP contribution in [0.1, 0.15) is 37.3 Å². The molecule has 190 valence electrons. The predicted molar refractivity (Wildman–Crippen MR) is 160 cm³/mol. The number of anilines is 1. The topological polar surface area (TPSA) is 76.4 Å². The number of benzene rings is 3. The Morgan fingerprint density at radius 2 is 1.92 bits per heavy atom. The number of carbonyl (C=O) groups excluding carboxylic acids is 1. The van der Waals surface area contributed by atoms with Crippen LogP contribution in [0.15, 0.2) is 74.0 Å². The molecule has 0 saturated carbocycles. The first-order chi connectivity index (χ1) is 17.8. The summed E-state index contributed by atoms with van der Waals surface area (Å²) in [5.74, 6) is 1.29. The number of hydrogen-bond donors (Lipinski definition) is 2. The number of ether oxygens (including phenoxy) is 1. The summed E-state index contributed by atoms with van der Waals surface area (Å²) in [7, 11) is 1.57. The van der Waals surface area contributed by atoms with Crippen LogP contribution in [0.4, 0.5) is 5.69 Å². The Balaban J connectivity index is 1.38. The smallest absolute Gasteiger partial charge is 0.250 e. The molecule has 0 aliphatic carbocycles. The van der Waals surface area contributed by atoms with Crippen LogP contribution in [0.5, 0.6) is 5.75 Å². The SMILES string of the molecule is CC[C@@H](C)c1ccc2oc(-c3ccc(NC(=S)NC(=O)/C=C/c4cc(Br)cc(Br)c4OC)cc3)nc2c1. The van der Waals surface area contributed by atoms with E-state index in [2.05, 4.69) is 73.5 Å². The van der Waals surface area contributed by atoms with Crippen molar-refractivity contribution in [2.75, 3.05) is 12.4 Å². The van der Waals surface area contributed by atoms with E-state index in [0.717, 1.165) is 43.3 Å². The van der Waals surface area contributed by atoms with Crippen LogP contribution in [0.3, 0.4) is 0 Å². The molecule has 1 aromatic heterocycles. The zero-order valence-corrected chi connectivity index (χ0v) is 24.5. The van der Waals surface area contributed by atoms with Gasteiger partial charge in [0, 0.05) is 27.4 Å². The fourth-order valence-corrected chi connectivity index (χ4v) is 5.35. The van der Waals surface area contributed by atoms with Crippen molar-refractivity contribution in [1.29, 1.82) is 0 Å². The number of halogens is 2. The second-order valence-electron chi connectivity index (χ2n) is 8.42. The minimum atomic E-state index is -0.365. The fraction of sp³-hybridized carbons (Fsp3) is 0.179. The molecule has 1 atom stereocenters. The van der Waals surface area contributed by atoms with Crippen LogP contribution < -0.4 is 15.4 Å². The second kappa shape index (κ2) is 12.0. The quantitative estimate of drug-likeness (QED) is 0.157. The number of hydrogen-bond acceptors (Lipinski definition) is 5. The predicted octanol–water partition coefficient (Wildman–Crippen LogP) is 8.07. The highest BCUT2D eigenvalue weighted by Gasteiger charge is 2.12. The van der Waals surface area contributed by atoms with Crippen molar-refractivity contribution in [3.8, 4) is 17.2 Å². The molecule has 0 fully saturated rings. The molecule has 37 heavy (non-hydrogen) atoms. The normalized spacial score (nSPS) is 12.0. The van der Waals surface area contributed by atoms with Crippen LogP contribution in [-0.4, -0.2) is 23.1 Å². The summed E-state index contributed by atoms with van der Waals surface area (Å²) in [6.45, 7) is 4.38. The second-order valence-corrected chi connectivity index (χ2v) is 10.6. The number of fused-ring (bicyclic) bond motifs is 1. The van der Waals surface area contributed by atoms with Crippen LogP contribution in [0.25, 0.3) is 28.6 Å². The third-order valence-electron chi connectivity index (χ3n) is 5.87. The Kier molecular flexibility index (Phi) is 8.79.